The monoisotopic (exact) mass is 1060 g/mol. The first kappa shape index (κ1) is 47.5. The molecule has 0 N–H and O–H groups in total. The summed E-state index contributed by atoms with van der Waals surface area (Å²) in [6.07, 6.45) is 1.67. The molecule has 0 unspecified atom stereocenters. The molecule has 2 heterocycles. The minimum absolute atomic E-state index is 0. The van der Waals surface area contributed by atoms with E-state index in [1.807, 2.05) is 30.3 Å². The zero-order valence-corrected chi connectivity index (χ0v) is 39.3. The van der Waals surface area contributed by atoms with Crippen molar-refractivity contribution in [2.45, 2.75) is 0 Å². The van der Waals surface area contributed by atoms with Crippen molar-refractivity contribution in [3.8, 4) is 11.3 Å². The molecule has 10 aromatic rings. The van der Waals surface area contributed by atoms with E-state index in [2.05, 4.69) is 209 Å². The van der Waals surface area contributed by atoms with Crippen molar-refractivity contribution in [3.05, 3.63) is 266 Å². The van der Waals surface area contributed by atoms with Gasteiger partial charge in [0.1, 0.15) is 5.58 Å². The normalized spacial score (nSPS) is 10.4. The van der Waals surface area contributed by atoms with Crippen LogP contribution in [0.3, 0.4) is 0 Å². The van der Waals surface area contributed by atoms with E-state index in [4.69, 9.17) is 9.07 Å². The van der Waals surface area contributed by atoms with E-state index >= 15 is 0 Å². The molecule has 0 atom stereocenters. The molecule has 0 bridgehead atoms. The van der Waals surface area contributed by atoms with Gasteiger partial charge in [-0.1, -0.05) is 212 Å². The van der Waals surface area contributed by atoms with E-state index in [9.17, 15) is 4.79 Å². The van der Waals surface area contributed by atoms with Gasteiger partial charge in [-0.15, -0.1) is 0 Å². The molecule has 7 nitrogen and oxygen atoms in total. The van der Waals surface area contributed by atoms with Crippen molar-refractivity contribution in [2.24, 2.45) is 10.2 Å². The second-order valence-electron chi connectivity index (χ2n) is 13.8. The number of rotatable bonds is 9. The Morgan fingerprint density at radius 1 is 0.462 bits per heavy atom. The van der Waals surface area contributed by atoms with Crippen LogP contribution in [0.1, 0.15) is 0 Å². The van der Waals surface area contributed by atoms with Gasteiger partial charge >= 0.3 is 16.9 Å². The van der Waals surface area contributed by atoms with Crippen LogP contribution in [0.15, 0.2) is 268 Å². The summed E-state index contributed by atoms with van der Waals surface area (Å²) < 4.78 is 12.6. The first-order valence-corrected chi connectivity index (χ1v) is 23.0. The van der Waals surface area contributed by atoms with E-state index in [-0.39, 0.29) is 25.4 Å². The van der Waals surface area contributed by atoms with Crippen molar-refractivity contribution in [1.29, 1.82) is 0 Å². The third-order valence-corrected chi connectivity index (χ3v) is 14.4. The predicted octanol–water partition coefficient (Wildman–Crippen LogP) is 11.1. The molecule has 2 aromatic heterocycles. The van der Waals surface area contributed by atoms with Gasteiger partial charge in [-0.3, -0.25) is 5.11 Å². The third-order valence-electron chi connectivity index (χ3n) is 9.54. The maximum absolute atomic E-state index is 11.2. The van der Waals surface area contributed by atoms with Crippen LogP contribution in [0.25, 0.3) is 22.2 Å². The summed E-state index contributed by atoms with van der Waals surface area (Å²) in [5.74, 6) is 0.300. The molecule has 10 heteroatoms. The quantitative estimate of drug-likeness (QED) is 0.0472. The van der Waals surface area contributed by atoms with Crippen LogP contribution in [-0.4, -0.2) is 4.98 Å². The van der Waals surface area contributed by atoms with E-state index in [1.54, 1.807) is 30.5 Å². The zero-order chi connectivity index (χ0) is 44.2. The van der Waals surface area contributed by atoms with Crippen LogP contribution in [0.4, 0.5) is 11.6 Å². The predicted molar refractivity (Wildman–Crippen MR) is 264 cm³/mol. The summed E-state index contributed by atoms with van der Waals surface area (Å²) in [4.78, 5) is 19.7. The van der Waals surface area contributed by atoms with Gasteiger partial charge in [0, 0.05) is 42.9 Å². The Kier molecular flexibility index (Phi) is 18.5. The Hall–Kier alpha value is -6.98. The fourth-order valence-corrected chi connectivity index (χ4v) is 11.3. The average Bonchev–Trinajstić information content (AvgIpc) is 3.86. The zero-order valence-electron chi connectivity index (χ0n) is 34.9. The maximum atomic E-state index is 11.2. The number of hydrogen-bond donors (Lipinski definition) is 0. The Bertz CT molecular complexity index is 2730. The molecule has 0 aliphatic heterocycles. The van der Waals surface area contributed by atoms with Crippen molar-refractivity contribution in [2.75, 3.05) is 0 Å². The van der Waals surface area contributed by atoms with E-state index < -0.39 is 15.8 Å². The molecule has 0 radical (unpaired) electrons. The Balaban J connectivity index is 0.000000159. The van der Waals surface area contributed by atoms with Gasteiger partial charge in [-0.2, -0.15) is 0 Å². The van der Waals surface area contributed by atoms with Gasteiger partial charge < -0.3 is 14.4 Å². The van der Waals surface area contributed by atoms with Gasteiger partial charge in [0.2, 0.25) is 0 Å². The molecule has 8 aromatic carbocycles. The average molecular weight is 1060 g/mol. The van der Waals surface area contributed by atoms with Gasteiger partial charge in [0.25, 0.3) is 0 Å². The smallest absolute Gasteiger partial charge is 0 e. The Morgan fingerprint density at radius 3 is 1.22 bits per heavy atom. The Labute approximate surface area is 394 Å². The topological polar surface area (TPSA) is 102 Å². The number of aromatic nitrogens is 2. The molecule has 0 saturated carbocycles. The van der Waals surface area contributed by atoms with Crippen LogP contribution in [0.5, 0.6) is 0 Å². The SMILES string of the molecule is O=c1ccc2cc(N=Nc3nc(-c4ccccc4)c[n-]3)ccc2o1.[C-]#[O+].[Os].c1ccc(P(c2ccccc2)c2ccccc2)cc1.c1ccc(P(c2ccccc2)c2ccccc2)cc1. The summed E-state index contributed by atoms with van der Waals surface area (Å²) in [6.45, 7) is 4.50. The van der Waals surface area contributed by atoms with Crippen LogP contribution in [0, 0.1) is 6.65 Å². The molecule has 0 saturated heterocycles. The van der Waals surface area contributed by atoms with E-state index in [1.165, 1.54) is 37.9 Å². The third kappa shape index (κ3) is 13.5. The van der Waals surface area contributed by atoms with Crippen molar-refractivity contribution in [3.63, 3.8) is 0 Å². The van der Waals surface area contributed by atoms with Gasteiger partial charge in [-0.05, 0) is 83.7 Å². The molecule has 0 fully saturated rings. The van der Waals surface area contributed by atoms with Gasteiger partial charge in [0.15, 0.2) is 0 Å². The molecule has 0 aliphatic rings. The van der Waals surface area contributed by atoms with Crippen molar-refractivity contribution < 1.29 is 28.9 Å². The molecule has 65 heavy (non-hydrogen) atoms. The van der Waals surface area contributed by atoms with Crippen LogP contribution < -0.4 is 42.4 Å². The summed E-state index contributed by atoms with van der Waals surface area (Å²) in [5.41, 5.74) is 2.49. The molecule has 10 rings (SSSR count). The second kappa shape index (κ2) is 25.3. The van der Waals surface area contributed by atoms with E-state index in [0.29, 0.717) is 17.2 Å². The van der Waals surface area contributed by atoms with Crippen LogP contribution in [0.2, 0.25) is 0 Å². The second-order valence-corrected chi connectivity index (χ2v) is 18.2. The van der Waals surface area contributed by atoms with Crippen LogP contribution >= 0.6 is 15.8 Å². The largest absolute Gasteiger partial charge is 0.0622 e. The fraction of sp³-hybridized carbons (Fsp3) is 0. The first-order valence-electron chi connectivity index (χ1n) is 20.3. The standard InChI is InChI=1S/C18H11N4O2.2C18H15P.CO.Os/c23-17-9-6-13-10-14(7-8-16(13)24-17)21-22-18-19-11-15(20-18)12-4-2-1-3-5-12;2*1-4-10-16(11-5-1)19(17-12-6-2-7-13-17)18-14-8-3-9-15-18;1-2;/h1-11H;2*1-15H;;/q-1;;;;. The minimum Gasteiger partial charge on any atom is -0.0622 e. The molecular formula is C55H41N4O3OsP2-. The van der Waals surface area contributed by atoms with Crippen molar-refractivity contribution >= 4 is 70.3 Å². The molecule has 318 valence electrons. The van der Waals surface area contributed by atoms with Crippen LogP contribution in [-0.2, 0) is 24.4 Å². The molecule has 0 aliphatic carbocycles. The summed E-state index contributed by atoms with van der Waals surface area (Å²) in [7, 11) is -0.892. The first-order chi connectivity index (χ1) is 31.7. The number of azo groups is 1. The summed E-state index contributed by atoms with van der Waals surface area (Å²) >= 11 is 0. The minimum atomic E-state index is -0.446. The molecule has 0 spiro atoms. The maximum Gasteiger partial charge on any atom is 0 e. The number of imidazole rings is 1. The molecule has 0 amide bonds. The summed E-state index contributed by atoms with van der Waals surface area (Å²) in [5, 5.41) is 17.4. The molecular weight excluding hydrogens is 1020 g/mol. The summed E-state index contributed by atoms with van der Waals surface area (Å²) in [6, 6.07) is 82.6. The fourth-order valence-electron chi connectivity index (χ4n) is 6.66. The number of fused-ring (bicyclic) bond motifs is 1. The van der Waals surface area contributed by atoms with Gasteiger partial charge in [0.05, 0.1) is 5.69 Å². The Morgan fingerprint density at radius 2 is 0.831 bits per heavy atom. The van der Waals surface area contributed by atoms with Gasteiger partial charge in [-0.25, -0.2) is 9.91 Å². The number of benzene rings is 8. The number of hydrogen-bond acceptors (Lipinski definition) is 5. The number of nitrogens with zero attached hydrogens (tertiary/aromatic N) is 4. The van der Waals surface area contributed by atoms with E-state index in [0.717, 1.165) is 16.6 Å². The van der Waals surface area contributed by atoms with Crippen molar-refractivity contribution in [1.82, 2.24) is 9.97 Å².